The Morgan fingerprint density at radius 1 is 1.62 bits per heavy atom. The summed E-state index contributed by atoms with van der Waals surface area (Å²) in [5.41, 5.74) is 1.99. The number of ether oxygens (including phenoxy) is 1. The second kappa shape index (κ2) is 4.35. The van der Waals surface area contributed by atoms with Crippen molar-refractivity contribution in [1.29, 1.82) is 0 Å². The third-order valence-corrected chi connectivity index (χ3v) is 3.65. The molecule has 0 amide bonds. The maximum atomic E-state index is 6.19. The van der Waals surface area contributed by atoms with Gasteiger partial charge in [0, 0.05) is 25.7 Å². The quantitative estimate of drug-likeness (QED) is 0.878. The van der Waals surface area contributed by atoms with E-state index >= 15 is 0 Å². The average Bonchev–Trinajstić information content (AvgIpc) is 2.73. The number of aryl methyl sites for hydroxylation is 2. The Balaban J connectivity index is 2.04. The number of nitrogens with one attached hydrogen (secondary N) is 1. The van der Waals surface area contributed by atoms with E-state index < -0.39 is 0 Å². The van der Waals surface area contributed by atoms with Crippen LogP contribution in [0.15, 0.2) is 0 Å². The van der Waals surface area contributed by atoms with Gasteiger partial charge in [-0.15, -0.1) is 0 Å². The summed E-state index contributed by atoms with van der Waals surface area (Å²) in [6, 6.07) is 0. The lowest BCUT2D eigenvalue weighted by molar-refractivity contribution is 0.171. The number of halogens is 1. The lowest BCUT2D eigenvalue weighted by atomic mass is 10.0. The van der Waals surface area contributed by atoms with Gasteiger partial charge in [0.2, 0.25) is 0 Å². The van der Waals surface area contributed by atoms with Crippen LogP contribution in [0.3, 0.4) is 0 Å². The molecule has 1 saturated heterocycles. The molecule has 1 unspecified atom stereocenters. The van der Waals surface area contributed by atoms with E-state index in [1.165, 1.54) is 0 Å². The van der Waals surface area contributed by atoms with Gasteiger partial charge in [0.05, 0.1) is 23.0 Å². The normalized spacial score (nSPS) is 25.2. The zero-order valence-electron chi connectivity index (χ0n) is 10.0. The maximum absolute atomic E-state index is 6.19. The Bertz CT molecular complexity index is 383. The van der Waals surface area contributed by atoms with E-state index in [0.717, 1.165) is 42.6 Å². The van der Waals surface area contributed by atoms with Gasteiger partial charge in [0.25, 0.3) is 0 Å². The Hall–Kier alpha value is -0.580. The van der Waals surface area contributed by atoms with Crippen molar-refractivity contribution in [1.82, 2.24) is 15.1 Å². The number of hydrogen-bond acceptors (Lipinski definition) is 3. The number of aromatic nitrogens is 2. The molecule has 2 heterocycles. The van der Waals surface area contributed by atoms with Gasteiger partial charge in [-0.3, -0.25) is 4.68 Å². The van der Waals surface area contributed by atoms with Crippen molar-refractivity contribution in [2.24, 2.45) is 7.05 Å². The molecule has 0 radical (unpaired) electrons. The van der Waals surface area contributed by atoms with Gasteiger partial charge in [-0.25, -0.2) is 0 Å². The Morgan fingerprint density at radius 3 is 2.88 bits per heavy atom. The van der Waals surface area contributed by atoms with E-state index in [1.807, 2.05) is 18.7 Å². The lowest BCUT2D eigenvalue weighted by Crippen LogP contribution is -2.42. The highest BCUT2D eigenvalue weighted by Crippen LogP contribution is 2.22. The third kappa shape index (κ3) is 2.24. The predicted molar refractivity (Wildman–Crippen MR) is 63.6 cm³/mol. The minimum absolute atomic E-state index is 0.0709. The monoisotopic (exact) mass is 243 g/mol. The highest BCUT2D eigenvalue weighted by Gasteiger charge is 2.29. The van der Waals surface area contributed by atoms with Gasteiger partial charge in [0.15, 0.2) is 0 Å². The molecule has 0 spiro atoms. The van der Waals surface area contributed by atoms with E-state index in [-0.39, 0.29) is 5.54 Å². The van der Waals surface area contributed by atoms with Crippen molar-refractivity contribution in [3.8, 4) is 0 Å². The smallest absolute Gasteiger partial charge is 0.0860 e. The fourth-order valence-electron chi connectivity index (χ4n) is 1.98. The number of nitrogens with zero attached hydrogens (tertiary/aromatic N) is 2. The van der Waals surface area contributed by atoms with E-state index in [2.05, 4.69) is 17.3 Å². The minimum atomic E-state index is 0.0709. The first kappa shape index (κ1) is 11.9. The molecule has 1 N–H and O–H groups in total. The molecule has 1 fully saturated rings. The Morgan fingerprint density at radius 2 is 2.38 bits per heavy atom. The van der Waals surface area contributed by atoms with Crippen LogP contribution >= 0.6 is 11.6 Å². The largest absolute Gasteiger partial charge is 0.379 e. The average molecular weight is 244 g/mol. The fourth-order valence-corrected chi connectivity index (χ4v) is 2.20. The van der Waals surface area contributed by atoms with Crippen molar-refractivity contribution in [3.63, 3.8) is 0 Å². The third-order valence-electron chi connectivity index (χ3n) is 3.16. The lowest BCUT2D eigenvalue weighted by Gasteiger charge is -2.23. The molecule has 1 aromatic rings. The van der Waals surface area contributed by atoms with Crippen LogP contribution in [0.4, 0.5) is 0 Å². The predicted octanol–water partition coefficient (Wildman–Crippen LogP) is 1.65. The molecule has 5 heteroatoms. The first-order valence-electron chi connectivity index (χ1n) is 5.52. The summed E-state index contributed by atoms with van der Waals surface area (Å²) in [7, 11) is 1.92. The van der Waals surface area contributed by atoms with Crippen LogP contribution in [0.2, 0.25) is 5.02 Å². The van der Waals surface area contributed by atoms with Crippen molar-refractivity contribution in [3.05, 3.63) is 16.4 Å². The van der Waals surface area contributed by atoms with Gasteiger partial charge in [-0.1, -0.05) is 11.6 Å². The van der Waals surface area contributed by atoms with Crippen molar-refractivity contribution in [2.45, 2.75) is 32.4 Å². The SMILES string of the molecule is Cc1nn(C)c(CNC2(C)CCOC2)c1Cl. The summed E-state index contributed by atoms with van der Waals surface area (Å²) >= 11 is 6.19. The van der Waals surface area contributed by atoms with E-state index in [4.69, 9.17) is 16.3 Å². The van der Waals surface area contributed by atoms with Crippen LogP contribution in [-0.2, 0) is 18.3 Å². The molecular weight excluding hydrogens is 226 g/mol. The standard InChI is InChI=1S/C11H18ClN3O/c1-8-10(12)9(15(3)14-8)6-13-11(2)4-5-16-7-11/h13H,4-7H2,1-3H3. The number of hydrogen-bond donors (Lipinski definition) is 1. The molecule has 0 aliphatic carbocycles. The van der Waals surface area contributed by atoms with Gasteiger partial charge < -0.3 is 10.1 Å². The first-order valence-corrected chi connectivity index (χ1v) is 5.90. The zero-order valence-corrected chi connectivity index (χ0v) is 10.8. The summed E-state index contributed by atoms with van der Waals surface area (Å²) in [5.74, 6) is 0. The van der Waals surface area contributed by atoms with Crippen molar-refractivity contribution in [2.75, 3.05) is 13.2 Å². The minimum Gasteiger partial charge on any atom is -0.379 e. The van der Waals surface area contributed by atoms with Crippen LogP contribution < -0.4 is 5.32 Å². The van der Waals surface area contributed by atoms with E-state index in [1.54, 1.807) is 0 Å². The molecule has 0 saturated carbocycles. The fraction of sp³-hybridized carbons (Fsp3) is 0.727. The first-order chi connectivity index (χ1) is 7.52. The summed E-state index contributed by atoms with van der Waals surface area (Å²) in [4.78, 5) is 0. The second-order valence-electron chi connectivity index (χ2n) is 4.69. The summed E-state index contributed by atoms with van der Waals surface area (Å²) in [6.45, 7) is 6.43. The van der Waals surface area contributed by atoms with Crippen LogP contribution in [-0.4, -0.2) is 28.5 Å². The van der Waals surface area contributed by atoms with Crippen molar-refractivity contribution < 1.29 is 4.74 Å². The summed E-state index contributed by atoms with van der Waals surface area (Å²) < 4.78 is 7.23. The van der Waals surface area contributed by atoms with Crippen molar-refractivity contribution >= 4 is 11.6 Å². The number of rotatable bonds is 3. The van der Waals surface area contributed by atoms with Gasteiger partial charge in [-0.2, -0.15) is 5.10 Å². The maximum Gasteiger partial charge on any atom is 0.0860 e. The molecule has 1 atom stereocenters. The Labute approximate surface area is 101 Å². The molecule has 0 bridgehead atoms. The summed E-state index contributed by atoms with van der Waals surface area (Å²) in [6.07, 6.45) is 1.04. The van der Waals surface area contributed by atoms with Crippen LogP contribution in [0, 0.1) is 6.92 Å². The van der Waals surface area contributed by atoms with E-state index in [0.29, 0.717) is 0 Å². The van der Waals surface area contributed by atoms with Gasteiger partial charge in [0.1, 0.15) is 0 Å². The van der Waals surface area contributed by atoms with E-state index in [9.17, 15) is 0 Å². The molecule has 4 nitrogen and oxygen atoms in total. The molecule has 0 aromatic carbocycles. The molecule has 1 aromatic heterocycles. The molecular formula is C11H18ClN3O. The van der Waals surface area contributed by atoms with Gasteiger partial charge in [-0.05, 0) is 20.3 Å². The topological polar surface area (TPSA) is 39.1 Å². The summed E-state index contributed by atoms with van der Waals surface area (Å²) in [5, 5.41) is 8.55. The Kier molecular flexibility index (Phi) is 3.24. The highest BCUT2D eigenvalue weighted by atomic mass is 35.5. The molecule has 90 valence electrons. The van der Waals surface area contributed by atoms with Gasteiger partial charge >= 0.3 is 0 Å². The molecule has 2 rings (SSSR count). The molecule has 1 aliphatic rings. The van der Waals surface area contributed by atoms with Crippen LogP contribution in [0.1, 0.15) is 24.7 Å². The van der Waals surface area contributed by atoms with Crippen LogP contribution in [0.5, 0.6) is 0 Å². The molecule has 1 aliphatic heterocycles. The van der Waals surface area contributed by atoms with Crippen LogP contribution in [0.25, 0.3) is 0 Å². The highest BCUT2D eigenvalue weighted by molar-refractivity contribution is 6.31. The zero-order chi connectivity index (χ0) is 11.8. The second-order valence-corrected chi connectivity index (χ2v) is 5.06. The molecule has 16 heavy (non-hydrogen) atoms.